The topological polar surface area (TPSA) is 36.0 Å². The molecule has 128 valence electrons. The molecule has 2 aliphatic rings. The van der Waals surface area contributed by atoms with Gasteiger partial charge in [0, 0.05) is 59.0 Å². The summed E-state index contributed by atoms with van der Waals surface area (Å²) in [5.74, 6) is 1.04. The first-order chi connectivity index (χ1) is 10.5. The summed E-state index contributed by atoms with van der Waals surface area (Å²) in [6.07, 6.45) is 2.41. The first kappa shape index (κ1) is 17.7. The Morgan fingerprint density at radius 3 is 2.27 bits per heavy atom. The molecular formula is C17H33N3O2. The van der Waals surface area contributed by atoms with Crippen molar-refractivity contribution in [3.05, 3.63) is 0 Å². The van der Waals surface area contributed by atoms with Crippen LogP contribution in [0.3, 0.4) is 0 Å². The van der Waals surface area contributed by atoms with Gasteiger partial charge in [0.25, 0.3) is 0 Å². The Morgan fingerprint density at radius 2 is 1.73 bits per heavy atom. The van der Waals surface area contributed by atoms with Gasteiger partial charge in [-0.15, -0.1) is 0 Å². The van der Waals surface area contributed by atoms with E-state index in [1.165, 1.54) is 19.4 Å². The number of hydrogen-bond acceptors (Lipinski definition) is 4. The van der Waals surface area contributed by atoms with E-state index >= 15 is 0 Å². The van der Waals surface area contributed by atoms with Gasteiger partial charge in [0.15, 0.2) is 0 Å². The normalized spacial score (nSPS) is 23.7. The van der Waals surface area contributed by atoms with Gasteiger partial charge >= 0.3 is 0 Å². The molecule has 2 saturated heterocycles. The smallest absolute Gasteiger partial charge is 0.239 e. The Hall–Kier alpha value is -0.650. The first-order valence-corrected chi connectivity index (χ1v) is 8.80. The number of piperazine rings is 1. The number of hydrogen-bond donors (Lipinski definition) is 0. The molecule has 2 heterocycles. The van der Waals surface area contributed by atoms with E-state index < -0.39 is 0 Å². The van der Waals surface area contributed by atoms with Crippen molar-refractivity contribution in [2.45, 2.75) is 45.7 Å². The van der Waals surface area contributed by atoms with Gasteiger partial charge < -0.3 is 14.5 Å². The predicted octanol–water partition coefficient (Wildman–Crippen LogP) is 1.29. The van der Waals surface area contributed by atoms with Crippen molar-refractivity contribution in [3.8, 4) is 0 Å². The Bertz CT molecular complexity index is 348. The van der Waals surface area contributed by atoms with Gasteiger partial charge in [-0.1, -0.05) is 0 Å². The number of amides is 1. The Morgan fingerprint density at radius 1 is 1.14 bits per heavy atom. The van der Waals surface area contributed by atoms with E-state index in [0.29, 0.717) is 0 Å². The zero-order valence-electron chi connectivity index (χ0n) is 14.8. The van der Waals surface area contributed by atoms with E-state index in [0.717, 1.165) is 45.3 Å². The van der Waals surface area contributed by atoms with Gasteiger partial charge in [0.1, 0.15) is 0 Å². The van der Waals surface area contributed by atoms with E-state index in [1.807, 2.05) is 11.9 Å². The van der Waals surface area contributed by atoms with Gasteiger partial charge in [-0.2, -0.15) is 0 Å². The summed E-state index contributed by atoms with van der Waals surface area (Å²) in [6.45, 7) is 13.4. The summed E-state index contributed by atoms with van der Waals surface area (Å²) in [5.41, 5.74) is 0. The highest BCUT2D eigenvalue weighted by Crippen LogP contribution is 2.18. The average Bonchev–Trinajstić information content (AvgIpc) is 2.54. The molecule has 0 aliphatic carbocycles. The third-order valence-corrected chi connectivity index (χ3v) is 5.29. The van der Waals surface area contributed by atoms with E-state index in [2.05, 4.69) is 30.6 Å². The minimum Gasteiger partial charge on any atom is -0.381 e. The fourth-order valence-corrected chi connectivity index (χ4v) is 3.33. The molecule has 0 unspecified atom stereocenters. The van der Waals surface area contributed by atoms with Crippen LogP contribution >= 0.6 is 0 Å². The summed E-state index contributed by atoms with van der Waals surface area (Å²) in [4.78, 5) is 19.2. The molecule has 0 N–H and O–H groups in total. The second-order valence-corrected chi connectivity index (χ2v) is 7.11. The van der Waals surface area contributed by atoms with Crippen molar-refractivity contribution in [2.24, 2.45) is 5.92 Å². The van der Waals surface area contributed by atoms with Gasteiger partial charge in [0.2, 0.25) is 5.91 Å². The number of nitrogens with zero attached hydrogens (tertiary/aromatic N) is 3. The van der Waals surface area contributed by atoms with Crippen LogP contribution in [0.1, 0.15) is 33.6 Å². The Balaban J connectivity index is 1.75. The van der Waals surface area contributed by atoms with Gasteiger partial charge in [0.05, 0.1) is 6.04 Å². The van der Waals surface area contributed by atoms with Gasteiger partial charge in [-0.3, -0.25) is 9.69 Å². The standard InChI is InChI=1S/C17H33N3O2/c1-14(2)18(4)17(21)15(3)20-9-7-19(8-10-20)13-16-5-11-22-12-6-16/h14-16H,5-13H2,1-4H3/t15-/m0/s1. The first-order valence-electron chi connectivity index (χ1n) is 8.80. The summed E-state index contributed by atoms with van der Waals surface area (Å²) in [6, 6.07) is 0.266. The third-order valence-electron chi connectivity index (χ3n) is 5.29. The van der Waals surface area contributed by atoms with Crippen molar-refractivity contribution < 1.29 is 9.53 Å². The Labute approximate surface area is 135 Å². The van der Waals surface area contributed by atoms with Gasteiger partial charge in [-0.05, 0) is 39.5 Å². The molecule has 5 nitrogen and oxygen atoms in total. The van der Waals surface area contributed by atoms with E-state index in [1.54, 1.807) is 0 Å². The zero-order valence-corrected chi connectivity index (χ0v) is 14.8. The fraction of sp³-hybridized carbons (Fsp3) is 0.941. The lowest BCUT2D eigenvalue weighted by Crippen LogP contribution is -2.55. The van der Waals surface area contributed by atoms with Crippen molar-refractivity contribution >= 4 is 5.91 Å². The maximum Gasteiger partial charge on any atom is 0.239 e. The van der Waals surface area contributed by atoms with Crippen molar-refractivity contribution in [1.82, 2.24) is 14.7 Å². The van der Waals surface area contributed by atoms with Crippen LogP contribution in [-0.4, -0.2) is 85.7 Å². The average molecular weight is 311 g/mol. The zero-order chi connectivity index (χ0) is 16.1. The summed E-state index contributed by atoms with van der Waals surface area (Å²) in [7, 11) is 1.91. The summed E-state index contributed by atoms with van der Waals surface area (Å²) >= 11 is 0. The van der Waals surface area contributed by atoms with Crippen molar-refractivity contribution in [1.29, 1.82) is 0 Å². The highest BCUT2D eigenvalue weighted by Gasteiger charge is 2.29. The molecule has 2 fully saturated rings. The van der Waals surface area contributed by atoms with Crippen LogP contribution in [0.4, 0.5) is 0 Å². The molecule has 0 aromatic carbocycles. The molecule has 0 aromatic rings. The monoisotopic (exact) mass is 311 g/mol. The lowest BCUT2D eigenvalue weighted by Gasteiger charge is -2.40. The molecule has 0 spiro atoms. The number of carbonyl (C=O) groups excluding carboxylic acids is 1. The van der Waals surface area contributed by atoms with Crippen LogP contribution in [0.5, 0.6) is 0 Å². The number of likely N-dealkylation sites (N-methyl/N-ethyl adjacent to an activating group) is 1. The quantitative estimate of drug-likeness (QED) is 0.766. The largest absolute Gasteiger partial charge is 0.381 e. The molecule has 0 saturated carbocycles. The Kier molecular flexibility index (Phi) is 6.66. The van der Waals surface area contributed by atoms with Crippen LogP contribution in [0.15, 0.2) is 0 Å². The van der Waals surface area contributed by atoms with Crippen LogP contribution in [0, 0.1) is 5.92 Å². The third kappa shape index (κ3) is 4.67. The number of rotatable bonds is 5. The van der Waals surface area contributed by atoms with E-state index in [9.17, 15) is 4.79 Å². The van der Waals surface area contributed by atoms with Crippen LogP contribution < -0.4 is 0 Å². The van der Waals surface area contributed by atoms with Crippen LogP contribution in [0.2, 0.25) is 0 Å². The maximum atomic E-state index is 12.4. The fourth-order valence-electron chi connectivity index (χ4n) is 3.33. The molecule has 1 atom stereocenters. The van der Waals surface area contributed by atoms with E-state index in [-0.39, 0.29) is 18.0 Å². The molecule has 2 aliphatic heterocycles. The lowest BCUT2D eigenvalue weighted by atomic mass is 9.99. The molecule has 1 amide bonds. The van der Waals surface area contributed by atoms with E-state index in [4.69, 9.17) is 4.74 Å². The molecule has 0 aromatic heterocycles. The van der Waals surface area contributed by atoms with Crippen molar-refractivity contribution in [3.63, 3.8) is 0 Å². The van der Waals surface area contributed by atoms with Crippen LogP contribution in [0.25, 0.3) is 0 Å². The van der Waals surface area contributed by atoms with Crippen molar-refractivity contribution in [2.75, 3.05) is 53.0 Å². The second-order valence-electron chi connectivity index (χ2n) is 7.11. The molecule has 2 rings (SSSR count). The molecule has 5 heteroatoms. The minimum absolute atomic E-state index is 0.00219. The van der Waals surface area contributed by atoms with Crippen LogP contribution in [-0.2, 0) is 9.53 Å². The predicted molar refractivity (Wildman–Crippen MR) is 88.9 cm³/mol. The molecule has 0 bridgehead atoms. The SMILES string of the molecule is CC(C)N(C)C(=O)[C@H](C)N1CCN(CC2CCOCC2)CC1. The number of ether oxygens (including phenoxy) is 1. The molecule has 0 radical (unpaired) electrons. The lowest BCUT2D eigenvalue weighted by molar-refractivity contribution is -0.137. The molecule has 22 heavy (non-hydrogen) atoms. The number of carbonyl (C=O) groups is 1. The van der Waals surface area contributed by atoms with Gasteiger partial charge in [-0.25, -0.2) is 0 Å². The minimum atomic E-state index is -0.00219. The summed E-state index contributed by atoms with van der Waals surface area (Å²) < 4.78 is 5.44. The highest BCUT2D eigenvalue weighted by atomic mass is 16.5. The highest BCUT2D eigenvalue weighted by molar-refractivity contribution is 5.81. The second kappa shape index (κ2) is 8.27. The molecular weight excluding hydrogens is 278 g/mol. The maximum absolute atomic E-state index is 12.4. The summed E-state index contributed by atoms with van der Waals surface area (Å²) in [5, 5.41) is 0.